The van der Waals surface area contributed by atoms with Crippen molar-refractivity contribution in [3.63, 3.8) is 0 Å². The van der Waals surface area contributed by atoms with Gasteiger partial charge in [0.2, 0.25) is 0 Å². The number of Topliss-reactive ketones (excluding diaryl/α,β-unsaturated/α-hetero) is 1. The van der Waals surface area contributed by atoms with Gasteiger partial charge in [-0.15, -0.1) is 0 Å². The van der Waals surface area contributed by atoms with Gasteiger partial charge in [-0.2, -0.15) is 0 Å². The molecule has 0 aromatic heterocycles. The fourth-order valence-electron chi connectivity index (χ4n) is 6.20. The van der Waals surface area contributed by atoms with E-state index in [-0.39, 0.29) is 23.0 Å². The number of fused-ring (bicyclic) bond motifs is 5. The molecule has 4 aliphatic rings. The molecule has 5 atom stereocenters. The first kappa shape index (κ1) is 12.5. The average Bonchev–Trinajstić information content (AvgIpc) is 2.81. The molecule has 0 bridgehead atoms. The molecule has 3 heteroatoms. The van der Waals surface area contributed by atoms with Gasteiger partial charge in [-0.1, -0.05) is 12.5 Å². The third-order valence-electron chi connectivity index (χ3n) is 7.40. The van der Waals surface area contributed by atoms with Gasteiger partial charge in [-0.25, -0.2) is 0 Å². The molecule has 3 nitrogen and oxygen atoms in total. The van der Waals surface area contributed by atoms with Gasteiger partial charge in [0.25, 0.3) is 0 Å². The third kappa shape index (κ3) is 1.72. The Bertz CT molecular complexity index is 635. The summed E-state index contributed by atoms with van der Waals surface area (Å²) in [6, 6.07) is 0. The number of hydrogen-bond acceptors (Lipinski definition) is 3. The van der Waals surface area contributed by atoms with E-state index in [4.69, 9.17) is 2.74 Å². The van der Waals surface area contributed by atoms with Crippen LogP contribution in [-0.2, 0) is 9.59 Å². The summed E-state index contributed by atoms with van der Waals surface area (Å²) in [6.45, 7) is -0.224. The summed E-state index contributed by atoms with van der Waals surface area (Å²) in [6.07, 6.45) is 7.02. The van der Waals surface area contributed by atoms with Crippen molar-refractivity contribution >= 4 is 11.6 Å². The average molecular weight is 304 g/mol. The molecule has 4 rings (SSSR count). The lowest BCUT2D eigenvalue weighted by molar-refractivity contribution is -0.134. The van der Waals surface area contributed by atoms with Crippen molar-refractivity contribution < 1.29 is 17.4 Å². The smallest absolute Gasteiger partial charge is 0.155 e. The summed E-state index contributed by atoms with van der Waals surface area (Å²) >= 11 is 0. The van der Waals surface area contributed by atoms with Crippen molar-refractivity contribution in [3.05, 3.63) is 11.6 Å². The van der Waals surface area contributed by atoms with Gasteiger partial charge in [-0.05, 0) is 62.4 Å². The summed E-state index contributed by atoms with van der Waals surface area (Å²) in [5.41, 5.74) is -0.368. The van der Waals surface area contributed by atoms with Crippen LogP contribution in [0.15, 0.2) is 11.6 Å². The maximum atomic E-state index is 12.4. The van der Waals surface area contributed by atoms with Crippen molar-refractivity contribution in [3.8, 4) is 0 Å². The highest BCUT2D eigenvalue weighted by Gasteiger charge is 2.59. The van der Waals surface area contributed by atoms with Crippen LogP contribution in [0.3, 0.4) is 0 Å². The number of aliphatic hydroxyl groups is 1. The van der Waals surface area contributed by atoms with E-state index in [1.165, 1.54) is 0 Å². The Hall–Kier alpha value is -0.960. The van der Waals surface area contributed by atoms with Crippen LogP contribution in [0.1, 0.15) is 61.0 Å². The lowest BCUT2D eigenvalue weighted by atomic mass is 9.47. The molecule has 0 amide bonds. The van der Waals surface area contributed by atoms with Gasteiger partial charge in [0.05, 0.1) is 9.30 Å². The molecule has 0 radical (unpaired) electrons. The van der Waals surface area contributed by atoms with Crippen molar-refractivity contribution in [1.29, 1.82) is 0 Å². The van der Waals surface area contributed by atoms with Gasteiger partial charge in [0.1, 0.15) is 5.78 Å². The lowest BCUT2D eigenvalue weighted by Gasteiger charge is -2.57. The van der Waals surface area contributed by atoms with E-state index in [1.54, 1.807) is 6.08 Å². The normalized spacial score (nSPS) is 49.5. The number of hydrogen-bond donors (Lipinski definition) is 1. The molecule has 0 aromatic rings. The molecule has 2 unspecified atom stereocenters. The number of rotatable bonds is 1. The highest BCUT2D eigenvalue weighted by Crippen LogP contribution is 2.64. The molecule has 3 fully saturated rings. The van der Waals surface area contributed by atoms with Crippen LogP contribution >= 0.6 is 0 Å². The first-order valence-corrected chi connectivity index (χ1v) is 8.70. The standard InChI is InChI=1S/C19H26O3/c1-18-8-7-16-14(15(18)4-5-17(18)22)3-2-12-10-13(21)6-9-19(12,16)11-20/h10,14-16,20H,2-9,11H2,1H3/t14-,15?,16?,18-,19+/m0/s1/i11D2. The highest BCUT2D eigenvalue weighted by molar-refractivity contribution is 5.91. The Balaban J connectivity index is 1.79. The van der Waals surface area contributed by atoms with Crippen LogP contribution in [0.2, 0.25) is 0 Å². The minimum absolute atomic E-state index is 0.0366. The second-order valence-corrected chi connectivity index (χ2v) is 8.05. The molecule has 0 saturated heterocycles. The van der Waals surface area contributed by atoms with Crippen molar-refractivity contribution in [2.75, 3.05) is 6.56 Å². The molecule has 0 heterocycles. The van der Waals surface area contributed by atoms with Crippen LogP contribution in [-0.4, -0.2) is 23.2 Å². The second kappa shape index (κ2) is 4.77. The third-order valence-corrected chi connectivity index (χ3v) is 7.40. The van der Waals surface area contributed by atoms with Gasteiger partial charge in [-0.3, -0.25) is 9.59 Å². The van der Waals surface area contributed by atoms with Crippen LogP contribution in [0, 0.1) is 28.6 Å². The maximum absolute atomic E-state index is 12.4. The predicted molar refractivity (Wildman–Crippen MR) is 83.1 cm³/mol. The zero-order chi connectivity index (χ0) is 17.3. The zero-order valence-corrected chi connectivity index (χ0v) is 13.2. The van der Waals surface area contributed by atoms with E-state index in [9.17, 15) is 14.7 Å². The monoisotopic (exact) mass is 304 g/mol. The van der Waals surface area contributed by atoms with E-state index in [0.717, 1.165) is 31.3 Å². The summed E-state index contributed by atoms with van der Waals surface area (Å²) < 4.78 is 16.4. The number of carbonyl (C=O) groups is 2. The fourth-order valence-corrected chi connectivity index (χ4v) is 6.20. The van der Waals surface area contributed by atoms with Crippen LogP contribution < -0.4 is 0 Å². The molecule has 0 spiro atoms. The van der Waals surface area contributed by atoms with Crippen LogP contribution in [0.4, 0.5) is 0 Å². The summed E-state index contributed by atoms with van der Waals surface area (Å²) in [5.74, 6) is 1.05. The largest absolute Gasteiger partial charge is 0.395 e. The fraction of sp³-hybridized carbons (Fsp3) is 0.789. The van der Waals surface area contributed by atoms with Gasteiger partial charge in [0, 0.05) is 23.7 Å². The molecule has 4 aliphatic carbocycles. The van der Waals surface area contributed by atoms with Crippen molar-refractivity contribution in [2.24, 2.45) is 28.6 Å². The van der Waals surface area contributed by atoms with E-state index in [2.05, 4.69) is 6.92 Å². The second-order valence-electron chi connectivity index (χ2n) is 8.05. The first-order valence-electron chi connectivity index (χ1n) is 9.70. The summed E-state index contributed by atoms with van der Waals surface area (Å²) in [5, 5.41) is 10.5. The highest BCUT2D eigenvalue weighted by atomic mass is 16.3. The summed E-state index contributed by atoms with van der Waals surface area (Å²) in [4.78, 5) is 24.3. The Labute approximate surface area is 135 Å². The lowest BCUT2D eigenvalue weighted by Crippen LogP contribution is -2.53. The summed E-state index contributed by atoms with van der Waals surface area (Å²) in [7, 11) is 0. The van der Waals surface area contributed by atoms with Crippen LogP contribution in [0.5, 0.6) is 0 Å². The zero-order valence-electron chi connectivity index (χ0n) is 15.2. The molecule has 1 N–H and O–H groups in total. The quantitative estimate of drug-likeness (QED) is 0.810. The van der Waals surface area contributed by atoms with E-state index in [0.29, 0.717) is 37.4 Å². The molecule has 22 heavy (non-hydrogen) atoms. The molecule has 3 saturated carbocycles. The Morgan fingerprint density at radius 1 is 1.18 bits per heavy atom. The SMILES string of the molecule is [2H]C([2H])(O)[C@]12CCC(=O)C=C1CC[C@H]1C3CCC(=O)[C@@]3(C)CCC12. The van der Waals surface area contributed by atoms with Gasteiger partial charge < -0.3 is 5.11 Å². The molecule has 0 aromatic carbocycles. The minimum Gasteiger partial charge on any atom is -0.395 e. The number of carbonyl (C=O) groups excluding carboxylic acids is 2. The van der Waals surface area contributed by atoms with Crippen LogP contribution in [0.25, 0.3) is 0 Å². The Morgan fingerprint density at radius 3 is 2.77 bits per heavy atom. The van der Waals surface area contributed by atoms with Gasteiger partial charge in [0.15, 0.2) is 5.78 Å². The van der Waals surface area contributed by atoms with Gasteiger partial charge >= 0.3 is 0 Å². The van der Waals surface area contributed by atoms with Crippen molar-refractivity contribution in [1.82, 2.24) is 0 Å². The predicted octanol–water partition coefficient (Wildman–Crippen LogP) is 3.06. The van der Waals surface area contributed by atoms with E-state index in [1.807, 2.05) is 0 Å². The van der Waals surface area contributed by atoms with E-state index < -0.39 is 12.0 Å². The maximum Gasteiger partial charge on any atom is 0.155 e. The Kier molecular flexibility index (Phi) is 2.70. The molecular formula is C19H26O3. The first-order chi connectivity index (χ1) is 11.2. The molecule has 0 aliphatic heterocycles. The topological polar surface area (TPSA) is 54.4 Å². The Morgan fingerprint density at radius 2 is 2.00 bits per heavy atom. The van der Waals surface area contributed by atoms with Crippen molar-refractivity contribution in [2.45, 2.75) is 58.3 Å². The minimum atomic E-state index is -2.32. The number of ketones is 2. The van der Waals surface area contributed by atoms with E-state index >= 15 is 0 Å². The molecule has 120 valence electrons. The molecular weight excluding hydrogens is 276 g/mol.